The van der Waals surface area contributed by atoms with E-state index < -0.39 is 17.1 Å². The van der Waals surface area contributed by atoms with Gasteiger partial charge in [0.2, 0.25) is 0 Å². The van der Waals surface area contributed by atoms with E-state index in [4.69, 9.17) is 10.6 Å². The molecule has 152 valence electrons. The lowest BCUT2D eigenvalue weighted by atomic mass is 10.1. The highest BCUT2D eigenvalue weighted by molar-refractivity contribution is 7.14. The van der Waals surface area contributed by atoms with Crippen molar-refractivity contribution in [3.63, 3.8) is 0 Å². The van der Waals surface area contributed by atoms with Gasteiger partial charge in [-0.15, -0.1) is 11.3 Å². The molecule has 0 unspecified atom stereocenters. The lowest BCUT2D eigenvalue weighted by molar-refractivity contribution is 0.415. The quantitative estimate of drug-likeness (QED) is 0.509. The van der Waals surface area contributed by atoms with E-state index in [2.05, 4.69) is 4.98 Å². The van der Waals surface area contributed by atoms with Crippen molar-refractivity contribution in [3.8, 4) is 27.3 Å². The number of pyridine rings is 2. The Morgan fingerprint density at radius 3 is 2.63 bits per heavy atom. The molecule has 1 saturated carbocycles. The molecule has 1 fully saturated rings. The van der Waals surface area contributed by atoms with Gasteiger partial charge in [0.1, 0.15) is 5.52 Å². The van der Waals surface area contributed by atoms with E-state index in [1.807, 2.05) is 23.6 Å². The zero-order valence-corrected chi connectivity index (χ0v) is 16.8. The van der Waals surface area contributed by atoms with Crippen molar-refractivity contribution in [2.45, 2.75) is 18.8 Å². The fourth-order valence-corrected chi connectivity index (χ4v) is 4.71. The van der Waals surface area contributed by atoms with Crippen LogP contribution in [0.4, 0.5) is 4.39 Å². The number of ether oxygens (including phenoxy) is 1. The number of aromatic nitrogens is 3. The number of fused-ring (bicyclic) bond motifs is 1. The van der Waals surface area contributed by atoms with Gasteiger partial charge in [-0.05, 0) is 53.5 Å². The van der Waals surface area contributed by atoms with Crippen molar-refractivity contribution in [1.29, 1.82) is 0 Å². The van der Waals surface area contributed by atoms with E-state index in [-0.39, 0.29) is 22.7 Å². The molecule has 4 heterocycles. The highest BCUT2D eigenvalue weighted by atomic mass is 32.1. The Bertz CT molecular complexity index is 1400. The molecular formula is C21H17FN4O3S. The van der Waals surface area contributed by atoms with Crippen LogP contribution in [0.5, 0.6) is 5.75 Å². The third kappa shape index (κ3) is 2.73. The second-order valence-electron chi connectivity index (χ2n) is 7.19. The van der Waals surface area contributed by atoms with Gasteiger partial charge >= 0.3 is 5.69 Å². The fourth-order valence-electron chi connectivity index (χ4n) is 3.75. The Labute approximate surface area is 173 Å². The summed E-state index contributed by atoms with van der Waals surface area (Å²) in [4.78, 5) is 30.0. The number of hydrogen-bond donors (Lipinski definition) is 1. The summed E-state index contributed by atoms with van der Waals surface area (Å²) in [6.45, 7) is 0. The Morgan fingerprint density at radius 1 is 1.23 bits per heavy atom. The molecule has 2 N–H and O–H groups in total. The molecule has 4 aromatic rings. The largest absolute Gasteiger partial charge is 0.494 e. The summed E-state index contributed by atoms with van der Waals surface area (Å²) in [5.74, 6) is 5.18. The lowest BCUT2D eigenvalue weighted by Gasteiger charge is -2.16. The number of thiophene rings is 1. The minimum atomic E-state index is -0.813. The minimum absolute atomic E-state index is 0.0224. The minimum Gasteiger partial charge on any atom is -0.494 e. The van der Waals surface area contributed by atoms with E-state index in [0.29, 0.717) is 15.1 Å². The normalized spacial score (nSPS) is 13.7. The number of methoxy groups -OCH3 is 1. The van der Waals surface area contributed by atoms with Gasteiger partial charge in [-0.1, -0.05) is 0 Å². The van der Waals surface area contributed by atoms with Gasteiger partial charge < -0.3 is 10.6 Å². The molecule has 30 heavy (non-hydrogen) atoms. The molecule has 5 rings (SSSR count). The first kappa shape index (κ1) is 18.6. The van der Waals surface area contributed by atoms with Crippen molar-refractivity contribution in [2.75, 3.05) is 13.0 Å². The molecule has 1 aliphatic rings. The van der Waals surface area contributed by atoms with E-state index in [1.54, 1.807) is 12.4 Å². The van der Waals surface area contributed by atoms with Crippen molar-refractivity contribution >= 4 is 16.9 Å². The molecule has 0 atom stereocenters. The SMILES string of the molecule is COc1c(-c2cc(-c3ccncc3)cs2)c(F)cn2c(=O)n(N)c(=O)c(C3CC3)c12. The molecule has 0 aromatic carbocycles. The Hall–Kier alpha value is -3.46. The lowest BCUT2D eigenvalue weighted by Crippen LogP contribution is -2.44. The standard InChI is InChI=1S/C21H17FN4O3S/c1-29-19-17(15-8-13(10-30-15)11-4-6-24-7-5-11)14(22)9-25-18(19)16(12-2-3-12)20(27)26(23)21(25)28/h4-10,12H,2-3,23H2,1H3. The summed E-state index contributed by atoms with van der Waals surface area (Å²) in [5.41, 5.74) is 1.38. The maximum Gasteiger partial charge on any atom is 0.354 e. The van der Waals surface area contributed by atoms with Gasteiger partial charge in [0, 0.05) is 17.3 Å². The molecule has 0 aliphatic heterocycles. The molecule has 7 nitrogen and oxygen atoms in total. The van der Waals surface area contributed by atoms with Gasteiger partial charge in [-0.25, -0.2) is 9.18 Å². The molecular weight excluding hydrogens is 407 g/mol. The summed E-state index contributed by atoms with van der Waals surface area (Å²) in [6.07, 6.45) is 6.08. The molecule has 4 aromatic heterocycles. The van der Waals surface area contributed by atoms with Gasteiger partial charge in [0.25, 0.3) is 5.56 Å². The molecule has 0 spiro atoms. The van der Waals surface area contributed by atoms with Crippen LogP contribution in [0.2, 0.25) is 0 Å². The zero-order valence-electron chi connectivity index (χ0n) is 16.0. The monoisotopic (exact) mass is 424 g/mol. The first-order chi connectivity index (χ1) is 14.5. The molecule has 0 radical (unpaired) electrons. The topological polar surface area (TPSA) is 91.6 Å². The van der Waals surface area contributed by atoms with Gasteiger partial charge in [0.15, 0.2) is 11.6 Å². The summed E-state index contributed by atoms with van der Waals surface area (Å²) in [7, 11) is 1.41. The number of nitrogens with zero attached hydrogens (tertiary/aromatic N) is 3. The summed E-state index contributed by atoms with van der Waals surface area (Å²) >= 11 is 1.36. The molecule has 0 saturated heterocycles. The van der Waals surface area contributed by atoms with Crippen molar-refractivity contribution in [3.05, 3.63) is 74.4 Å². The number of halogens is 1. The molecule has 0 amide bonds. The highest BCUT2D eigenvalue weighted by Crippen LogP contribution is 2.46. The predicted octanol–water partition coefficient (Wildman–Crippen LogP) is 2.99. The Kier molecular flexibility index (Phi) is 4.21. The summed E-state index contributed by atoms with van der Waals surface area (Å²) in [6, 6.07) is 5.60. The number of rotatable bonds is 4. The molecule has 9 heteroatoms. The molecule has 1 aliphatic carbocycles. The zero-order chi connectivity index (χ0) is 21.0. The fraction of sp³-hybridized carbons (Fsp3) is 0.190. The average molecular weight is 424 g/mol. The number of hydrogen-bond acceptors (Lipinski definition) is 6. The first-order valence-corrected chi connectivity index (χ1v) is 10.2. The third-order valence-corrected chi connectivity index (χ3v) is 6.28. The van der Waals surface area contributed by atoms with Crippen molar-refractivity contribution in [2.24, 2.45) is 0 Å². The maximum atomic E-state index is 15.3. The number of nitrogen functional groups attached to an aromatic ring is 1. The van der Waals surface area contributed by atoms with Crippen molar-refractivity contribution < 1.29 is 9.13 Å². The Morgan fingerprint density at radius 2 is 1.97 bits per heavy atom. The second-order valence-corrected chi connectivity index (χ2v) is 8.10. The number of nitrogens with two attached hydrogens (primary N) is 1. The smallest absolute Gasteiger partial charge is 0.354 e. The van der Waals surface area contributed by atoms with Crippen molar-refractivity contribution in [1.82, 2.24) is 14.1 Å². The average Bonchev–Trinajstić information content (AvgIpc) is 3.48. The van der Waals surface area contributed by atoms with Crippen LogP contribution in [-0.2, 0) is 0 Å². The van der Waals surface area contributed by atoms with Crippen LogP contribution in [0.3, 0.4) is 0 Å². The van der Waals surface area contributed by atoms with E-state index in [9.17, 15) is 9.59 Å². The second kappa shape index (κ2) is 6.81. The van der Waals surface area contributed by atoms with Gasteiger partial charge in [0.05, 0.1) is 24.4 Å². The van der Waals surface area contributed by atoms with Crippen LogP contribution in [0.25, 0.3) is 27.1 Å². The third-order valence-electron chi connectivity index (χ3n) is 5.33. The van der Waals surface area contributed by atoms with Crippen LogP contribution >= 0.6 is 11.3 Å². The van der Waals surface area contributed by atoms with Gasteiger partial charge in [-0.2, -0.15) is 4.68 Å². The Balaban J connectivity index is 1.82. The van der Waals surface area contributed by atoms with E-state index >= 15 is 4.39 Å². The molecule has 0 bridgehead atoms. The summed E-state index contributed by atoms with van der Waals surface area (Å²) in [5, 5.41) is 1.92. The predicted molar refractivity (Wildman–Crippen MR) is 113 cm³/mol. The van der Waals surface area contributed by atoms with Crippen LogP contribution in [-0.4, -0.2) is 21.2 Å². The highest BCUT2D eigenvalue weighted by Gasteiger charge is 2.33. The van der Waals surface area contributed by atoms with Gasteiger partial charge in [-0.3, -0.25) is 14.2 Å². The van der Waals surface area contributed by atoms with Crippen LogP contribution in [0.15, 0.2) is 51.8 Å². The van der Waals surface area contributed by atoms with Crippen LogP contribution < -0.4 is 21.8 Å². The van der Waals surface area contributed by atoms with E-state index in [0.717, 1.165) is 34.6 Å². The summed E-state index contributed by atoms with van der Waals surface area (Å²) < 4.78 is 22.4. The first-order valence-electron chi connectivity index (χ1n) is 9.33. The van der Waals surface area contributed by atoms with E-state index in [1.165, 1.54) is 18.4 Å². The van der Waals surface area contributed by atoms with Crippen LogP contribution in [0, 0.1) is 5.82 Å². The maximum absolute atomic E-state index is 15.3. The van der Waals surface area contributed by atoms with Crippen LogP contribution in [0.1, 0.15) is 24.3 Å².